The minimum atomic E-state index is -0.528. The highest BCUT2D eigenvalue weighted by Crippen LogP contribution is 2.29. The Morgan fingerprint density at radius 2 is 2.26 bits per heavy atom. The topological polar surface area (TPSA) is 77.1 Å². The molecule has 2 aromatic rings. The van der Waals surface area contributed by atoms with E-state index in [1.54, 1.807) is 20.1 Å². The van der Waals surface area contributed by atoms with Crippen molar-refractivity contribution in [1.29, 1.82) is 0 Å². The highest BCUT2D eigenvalue weighted by atomic mass is 79.9. The van der Waals surface area contributed by atoms with Gasteiger partial charge in [-0.3, -0.25) is 5.10 Å². The normalized spacial score (nSPS) is 10.3. The molecule has 0 amide bonds. The summed E-state index contributed by atoms with van der Waals surface area (Å²) in [7, 11) is 1.58. The maximum atomic E-state index is 11.5. The van der Waals surface area contributed by atoms with Gasteiger partial charge in [0.25, 0.3) is 0 Å². The van der Waals surface area contributed by atoms with Crippen molar-refractivity contribution in [2.24, 2.45) is 0 Å². The van der Waals surface area contributed by atoms with Gasteiger partial charge in [0, 0.05) is 10.0 Å². The van der Waals surface area contributed by atoms with Gasteiger partial charge in [0.1, 0.15) is 5.75 Å². The molecule has 0 aliphatic carbocycles. The van der Waals surface area contributed by atoms with Gasteiger partial charge in [-0.25, -0.2) is 9.78 Å². The Morgan fingerprint density at radius 3 is 2.95 bits per heavy atom. The van der Waals surface area contributed by atoms with Crippen LogP contribution in [0, 0.1) is 0 Å². The number of esters is 1. The molecule has 0 radical (unpaired) electrons. The average molecular weight is 326 g/mol. The Bertz CT molecular complexity index is 598. The van der Waals surface area contributed by atoms with Crippen LogP contribution in [-0.2, 0) is 4.74 Å². The Hall–Kier alpha value is -1.89. The molecule has 0 saturated heterocycles. The van der Waals surface area contributed by atoms with Crippen molar-refractivity contribution in [2.75, 3.05) is 13.7 Å². The highest BCUT2D eigenvalue weighted by molar-refractivity contribution is 9.10. The number of carbonyl (C=O) groups is 1. The van der Waals surface area contributed by atoms with E-state index in [2.05, 4.69) is 31.1 Å². The number of hydrogen-bond acceptors (Lipinski definition) is 5. The maximum absolute atomic E-state index is 11.5. The number of hydrogen-bond donors (Lipinski definition) is 1. The van der Waals surface area contributed by atoms with Gasteiger partial charge in [-0.15, -0.1) is 0 Å². The van der Waals surface area contributed by atoms with Crippen molar-refractivity contribution in [3.63, 3.8) is 0 Å². The Morgan fingerprint density at radius 1 is 1.47 bits per heavy atom. The molecule has 0 aliphatic heterocycles. The van der Waals surface area contributed by atoms with Crippen molar-refractivity contribution in [1.82, 2.24) is 15.2 Å². The van der Waals surface area contributed by atoms with Crippen LogP contribution in [0.1, 0.15) is 17.5 Å². The fourth-order valence-electron chi connectivity index (χ4n) is 1.48. The van der Waals surface area contributed by atoms with E-state index in [1.807, 2.05) is 12.1 Å². The van der Waals surface area contributed by atoms with Crippen molar-refractivity contribution in [3.05, 3.63) is 28.5 Å². The number of halogens is 1. The second-order valence-corrected chi connectivity index (χ2v) is 4.43. The molecule has 2 rings (SSSR count). The first-order valence-electron chi connectivity index (χ1n) is 5.59. The van der Waals surface area contributed by atoms with Gasteiger partial charge >= 0.3 is 5.97 Å². The Balaban J connectivity index is 2.34. The third kappa shape index (κ3) is 2.93. The molecule has 0 fully saturated rings. The van der Waals surface area contributed by atoms with E-state index in [0.29, 0.717) is 11.6 Å². The summed E-state index contributed by atoms with van der Waals surface area (Å²) in [4.78, 5) is 15.6. The summed E-state index contributed by atoms with van der Waals surface area (Å²) in [5.74, 6) is 0.626. The summed E-state index contributed by atoms with van der Waals surface area (Å²) < 4.78 is 10.8. The predicted molar refractivity (Wildman–Crippen MR) is 72.0 cm³/mol. The SMILES string of the molecule is CCOC(=O)c1nc(-c2cc(OC)ccc2Br)n[nH]1. The number of benzene rings is 1. The van der Waals surface area contributed by atoms with E-state index >= 15 is 0 Å². The molecular formula is C12H12BrN3O3. The van der Waals surface area contributed by atoms with Crippen LogP contribution in [0.4, 0.5) is 0 Å². The monoisotopic (exact) mass is 325 g/mol. The Kier molecular flexibility index (Phi) is 4.16. The lowest BCUT2D eigenvalue weighted by atomic mass is 10.2. The van der Waals surface area contributed by atoms with E-state index in [4.69, 9.17) is 9.47 Å². The lowest BCUT2D eigenvalue weighted by Gasteiger charge is -2.03. The molecule has 0 unspecified atom stereocenters. The van der Waals surface area contributed by atoms with Gasteiger partial charge < -0.3 is 9.47 Å². The third-order valence-corrected chi connectivity index (χ3v) is 3.06. The molecule has 0 aliphatic rings. The minimum Gasteiger partial charge on any atom is -0.497 e. The number of rotatable bonds is 4. The van der Waals surface area contributed by atoms with E-state index < -0.39 is 5.97 Å². The lowest BCUT2D eigenvalue weighted by Crippen LogP contribution is -2.06. The van der Waals surface area contributed by atoms with Crippen LogP contribution < -0.4 is 4.74 Å². The summed E-state index contributed by atoms with van der Waals surface area (Å²) in [5, 5.41) is 6.56. The molecule has 6 nitrogen and oxygen atoms in total. The number of H-pyrrole nitrogens is 1. The maximum Gasteiger partial charge on any atom is 0.375 e. The third-order valence-electron chi connectivity index (χ3n) is 2.37. The first-order chi connectivity index (χ1) is 9.15. The number of ether oxygens (including phenoxy) is 2. The number of methoxy groups -OCH3 is 1. The number of carbonyl (C=O) groups excluding carboxylic acids is 1. The summed E-state index contributed by atoms with van der Waals surface area (Å²) >= 11 is 3.41. The fourth-order valence-corrected chi connectivity index (χ4v) is 1.90. The molecule has 7 heteroatoms. The van der Waals surface area contributed by atoms with Crippen molar-refractivity contribution >= 4 is 21.9 Å². The summed E-state index contributed by atoms with van der Waals surface area (Å²) in [5.41, 5.74) is 0.728. The van der Waals surface area contributed by atoms with Crippen LogP contribution in [0.2, 0.25) is 0 Å². The van der Waals surface area contributed by atoms with Crippen molar-refractivity contribution in [2.45, 2.75) is 6.92 Å². The molecule has 1 heterocycles. The van der Waals surface area contributed by atoms with Gasteiger partial charge in [0.2, 0.25) is 5.82 Å². The standard InChI is InChI=1S/C12H12BrN3O3/c1-3-19-12(17)11-14-10(15-16-11)8-6-7(18-2)4-5-9(8)13/h4-6H,3H2,1-2H3,(H,14,15,16). The number of aromatic nitrogens is 3. The van der Waals surface area contributed by atoms with E-state index in [-0.39, 0.29) is 12.4 Å². The summed E-state index contributed by atoms with van der Waals surface area (Å²) in [6.45, 7) is 2.02. The van der Waals surface area contributed by atoms with Crippen LogP contribution in [0.25, 0.3) is 11.4 Å². The zero-order valence-corrected chi connectivity index (χ0v) is 12.0. The number of aromatic amines is 1. The molecular weight excluding hydrogens is 314 g/mol. The van der Waals surface area contributed by atoms with Crippen LogP contribution in [0.15, 0.2) is 22.7 Å². The molecule has 100 valence electrons. The second kappa shape index (κ2) is 5.83. The van der Waals surface area contributed by atoms with Crippen molar-refractivity contribution < 1.29 is 14.3 Å². The van der Waals surface area contributed by atoms with E-state index in [0.717, 1.165) is 10.0 Å². The molecule has 1 aromatic carbocycles. The lowest BCUT2D eigenvalue weighted by molar-refractivity contribution is 0.0512. The number of nitrogens with zero attached hydrogens (tertiary/aromatic N) is 2. The van der Waals surface area contributed by atoms with E-state index in [9.17, 15) is 4.79 Å². The number of nitrogens with one attached hydrogen (secondary N) is 1. The molecule has 0 saturated carbocycles. The molecule has 0 atom stereocenters. The fraction of sp³-hybridized carbons (Fsp3) is 0.250. The summed E-state index contributed by atoms with van der Waals surface area (Å²) in [6.07, 6.45) is 0. The second-order valence-electron chi connectivity index (χ2n) is 3.57. The largest absolute Gasteiger partial charge is 0.497 e. The van der Waals surface area contributed by atoms with Crippen LogP contribution in [0.3, 0.4) is 0 Å². The smallest absolute Gasteiger partial charge is 0.375 e. The summed E-state index contributed by atoms with van der Waals surface area (Å²) in [6, 6.07) is 5.42. The van der Waals surface area contributed by atoms with Crippen LogP contribution in [-0.4, -0.2) is 34.9 Å². The van der Waals surface area contributed by atoms with Gasteiger partial charge in [-0.2, -0.15) is 5.10 Å². The van der Waals surface area contributed by atoms with E-state index in [1.165, 1.54) is 0 Å². The predicted octanol–water partition coefficient (Wildman–Crippen LogP) is 2.42. The first kappa shape index (κ1) is 13.5. The molecule has 1 aromatic heterocycles. The molecule has 1 N–H and O–H groups in total. The van der Waals surface area contributed by atoms with Gasteiger partial charge in [0.05, 0.1) is 13.7 Å². The zero-order valence-electron chi connectivity index (χ0n) is 10.4. The molecule has 19 heavy (non-hydrogen) atoms. The molecule has 0 bridgehead atoms. The van der Waals surface area contributed by atoms with Crippen LogP contribution in [0.5, 0.6) is 5.75 Å². The van der Waals surface area contributed by atoms with Crippen LogP contribution >= 0.6 is 15.9 Å². The molecule has 0 spiro atoms. The highest BCUT2D eigenvalue weighted by Gasteiger charge is 2.15. The quantitative estimate of drug-likeness (QED) is 0.873. The van der Waals surface area contributed by atoms with Gasteiger partial charge in [0.15, 0.2) is 5.82 Å². The zero-order chi connectivity index (χ0) is 13.8. The van der Waals surface area contributed by atoms with Gasteiger partial charge in [-0.1, -0.05) is 15.9 Å². The van der Waals surface area contributed by atoms with Gasteiger partial charge in [-0.05, 0) is 25.1 Å². The minimum absolute atomic E-state index is 0.0755. The van der Waals surface area contributed by atoms with Crippen molar-refractivity contribution in [3.8, 4) is 17.1 Å². The Labute approximate surface area is 118 Å². The average Bonchev–Trinajstić information content (AvgIpc) is 2.89. The first-order valence-corrected chi connectivity index (χ1v) is 6.38.